The van der Waals surface area contributed by atoms with Crippen molar-refractivity contribution in [1.82, 2.24) is 5.32 Å². The molecular formula is C14H18ClF3N2. The number of rotatable bonds is 3. The SMILES string of the molecule is CNCc1ccc(Cl)cc1N1CCC(C(F)(F)F)CC1. The van der Waals surface area contributed by atoms with Crippen molar-refractivity contribution in [2.75, 3.05) is 25.0 Å². The molecule has 0 radical (unpaired) electrons. The van der Waals surface area contributed by atoms with Gasteiger partial charge in [-0.25, -0.2) is 0 Å². The van der Waals surface area contributed by atoms with Crippen LogP contribution >= 0.6 is 11.6 Å². The summed E-state index contributed by atoms with van der Waals surface area (Å²) in [5, 5.41) is 3.68. The van der Waals surface area contributed by atoms with Crippen LogP contribution in [0.25, 0.3) is 0 Å². The molecular weight excluding hydrogens is 289 g/mol. The Bertz CT molecular complexity index is 454. The van der Waals surface area contributed by atoms with E-state index in [9.17, 15) is 13.2 Å². The number of hydrogen-bond donors (Lipinski definition) is 1. The van der Waals surface area contributed by atoms with Crippen molar-refractivity contribution < 1.29 is 13.2 Å². The average Bonchev–Trinajstić information content (AvgIpc) is 2.40. The molecule has 0 spiro atoms. The molecule has 20 heavy (non-hydrogen) atoms. The first-order valence-corrected chi connectivity index (χ1v) is 7.04. The van der Waals surface area contributed by atoms with Gasteiger partial charge in [0.15, 0.2) is 0 Å². The van der Waals surface area contributed by atoms with Gasteiger partial charge in [-0.15, -0.1) is 0 Å². The summed E-state index contributed by atoms with van der Waals surface area (Å²) in [6.07, 6.45) is -3.78. The summed E-state index contributed by atoms with van der Waals surface area (Å²) in [7, 11) is 1.84. The molecule has 1 aromatic rings. The summed E-state index contributed by atoms with van der Waals surface area (Å²) in [5.41, 5.74) is 2.00. The molecule has 112 valence electrons. The van der Waals surface area contributed by atoms with Crippen LogP contribution in [0.5, 0.6) is 0 Å². The van der Waals surface area contributed by atoms with E-state index in [1.807, 2.05) is 24.1 Å². The van der Waals surface area contributed by atoms with E-state index in [1.165, 1.54) is 0 Å². The van der Waals surface area contributed by atoms with E-state index in [4.69, 9.17) is 11.6 Å². The molecule has 0 atom stereocenters. The number of nitrogens with zero attached hydrogens (tertiary/aromatic N) is 1. The van der Waals surface area contributed by atoms with E-state index in [0.29, 0.717) is 24.7 Å². The standard InChI is InChI=1S/C14H18ClF3N2/c1-19-9-10-2-3-12(15)8-13(10)20-6-4-11(5-7-20)14(16,17)18/h2-3,8,11,19H,4-7,9H2,1H3. The molecule has 0 aliphatic carbocycles. The number of alkyl halides is 3. The van der Waals surface area contributed by atoms with Gasteiger partial charge in [0.25, 0.3) is 0 Å². The van der Waals surface area contributed by atoms with Crippen LogP contribution < -0.4 is 10.2 Å². The van der Waals surface area contributed by atoms with E-state index in [-0.39, 0.29) is 12.8 Å². The zero-order valence-corrected chi connectivity index (χ0v) is 12.1. The van der Waals surface area contributed by atoms with Gasteiger partial charge in [0.2, 0.25) is 0 Å². The molecule has 1 aliphatic heterocycles. The number of anilines is 1. The van der Waals surface area contributed by atoms with Gasteiger partial charge in [0.1, 0.15) is 0 Å². The van der Waals surface area contributed by atoms with Gasteiger partial charge in [-0.05, 0) is 37.6 Å². The molecule has 0 aromatic heterocycles. The molecule has 0 amide bonds. The van der Waals surface area contributed by atoms with E-state index >= 15 is 0 Å². The summed E-state index contributed by atoms with van der Waals surface area (Å²) < 4.78 is 38.1. The predicted molar refractivity (Wildman–Crippen MR) is 75.2 cm³/mol. The highest BCUT2D eigenvalue weighted by atomic mass is 35.5. The number of piperidine rings is 1. The highest BCUT2D eigenvalue weighted by Gasteiger charge is 2.41. The topological polar surface area (TPSA) is 15.3 Å². The maximum atomic E-state index is 12.7. The monoisotopic (exact) mass is 306 g/mol. The fourth-order valence-electron chi connectivity index (χ4n) is 2.62. The van der Waals surface area contributed by atoms with Gasteiger partial charge in [0.05, 0.1) is 5.92 Å². The molecule has 1 heterocycles. The van der Waals surface area contributed by atoms with Crippen molar-refractivity contribution in [3.8, 4) is 0 Å². The van der Waals surface area contributed by atoms with Gasteiger partial charge in [-0.3, -0.25) is 0 Å². The Labute approximate surface area is 121 Å². The van der Waals surface area contributed by atoms with Crippen LogP contribution in [0, 0.1) is 5.92 Å². The number of hydrogen-bond acceptors (Lipinski definition) is 2. The van der Waals surface area contributed by atoms with Crippen molar-refractivity contribution in [2.24, 2.45) is 5.92 Å². The molecule has 1 fully saturated rings. The molecule has 0 bridgehead atoms. The van der Waals surface area contributed by atoms with Crippen LogP contribution in [0.15, 0.2) is 18.2 Å². The van der Waals surface area contributed by atoms with E-state index in [0.717, 1.165) is 11.3 Å². The van der Waals surface area contributed by atoms with Crippen LogP contribution in [0.4, 0.5) is 18.9 Å². The minimum absolute atomic E-state index is 0.148. The Morgan fingerprint density at radius 1 is 1.30 bits per heavy atom. The third-order valence-electron chi connectivity index (χ3n) is 3.71. The summed E-state index contributed by atoms with van der Waals surface area (Å²) in [4.78, 5) is 2.00. The average molecular weight is 307 g/mol. The lowest BCUT2D eigenvalue weighted by Crippen LogP contribution is -2.39. The number of benzene rings is 1. The number of halogens is 4. The Morgan fingerprint density at radius 3 is 2.50 bits per heavy atom. The van der Waals surface area contributed by atoms with Crippen LogP contribution in [0.1, 0.15) is 18.4 Å². The second-order valence-corrected chi connectivity index (χ2v) is 5.54. The minimum atomic E-state index is -4.08. The zero-order valence-electron chi connectivity index (χ0n) is 11.3. The van der Waals surface area contributed by atoms with Gasteiger partial charge in [-0.2, -0.15) is 13.2 Å². The first-order valence-electron chi connectivity index (χ1n) is 6.66. The lowest BCUT2D eigenvalue weighted by molar-refractivity contribution is -0.179. The van der Waals surface area contributed by atoms with Gasteiger partial charge < -0.3 is 10.2 Å². The fraction of sp³-hybridized carbons (Fsp3) is 0.571. The highest BCUT2D eigenvalue weighted by Crippen LogP contribution is 2.36. The summed E-state index contributed by atoms with van der Waals surface area (Å²) >= 11 is 6.01. The Hall–Kier alpha value is -0.940. The molecule has 1 aromatic carbocycles. The normalized spacial score (nSPS) is 17.6. The first kappa shape index (κ1) is 15.4. The number of nitrogens with one attached hydrogen (secondary N) is 1. The third-order valence-corrected chi connectivity index (χ3v) is 3.95. The van der Waals surface area contributed by atoms with Gasteiger partial charge >= 0.3 is 6.18 Å². The van der Waals surface area contributed by atoms with Crippen LogP contribution in [0.2, 0.25) is 5.02 Å². The second kappa shape index (κ2) is 6.22. The van der Waals surface area contributed by atoms with Crippen LogP contribution in [0.3, 0.4) is 0 Å². The maximum Gasteiger partial charge on any atom is 0.391 e. The quantitative estimate of drug-likeness (QED) is 0.913. The molecule has 1 aliphatic rings. The largest absolute Gasteiger partial charge is 0.391 e. The second-order valence-electron chi connectivity index (χ2n) is 5.11. The molecule has 2 nitrogen and oxygen atoms in total. The molecule has 6 heteroatoms. The molecule has 2 rings (SSSR count). The smallest absolute Gasteiger partial charge is 0.371 e. The summed E-state index contributed by atoms with van der Waals surface area (Å²) in [5.74, 6) is -1.18. The zero-order chi connectivity index (χ0) is 14.8. The Balaban J connectivity index is 2.12. The minimum Gasteiger partial charge on any atom is -0.371 e. The molecule has 0 saturated carbocycles. The van der Waals surface area contributed by atoms with Crippen molar-refractivity contribution in [1.29, 1.82) is 0 Å². The molecule has 1 N–H and O–H groups in total. The van der Waals surface area contributed by atoms with Crippen molar-refractivity contribution in [2.45, 2.75) is 25.6 Å². The first-order chi connectivity index (χ1) is 9.41. The lowest BCUT2D eigenvalue weighted by atomic mass is 9.95. The van der Waals surface area contributed by atoms with Crippen LogP contribution in [-0.4, -0.2) is 26.3 Å². The third kappa shape index (κ3) is 3.58. The molecule has 0 unspecified atom stereocenters. The predicted octanol–water partition coefficient (Wildman–Crippen LogP) is 3.84. The lowest BCUT2D eigenvalue weighted by Gasteiger charge is -2.35. The van der Waals surface area contributed by atoms with Crippen molar-refractivity contribution in [3.05, 3.63) is 28.8 Å². The van der Waals surface area contributed by atoms with E-state index in [2.05, 4.69) is 5.32 Å². The fourth-order valence-corrected chi connectivity index (χ4v) is 2.79. The van der Waals surface area contributed by atoms with Crippen molar-refractivity contribution >= 4 is 17.3 Å². The Kier molecular flexibility index (Phi) is 4.81. The highest BCUT2D eigenvalue weighted by molar-refractivity contribution is 6.30. The maximum absolute atomic E-state index is 12.7. The summed E-state index contributed by atoms with van der Waals surface area (Å²) in [6.45, 7) is 1.51. The van der Waals surface area contributed by atoms with Gasteiger partial charge in [0, 0.05) is 30.3 Å². The van der Waals surface area contributed by atoms with Crippen molar-refractivity contribution in [3.63, 3.8) is 0 Å². The van der Waals surface area contributed by atoms with E-state index in [1.54, 1.807) is 6.07 Å². The van der Waals surface area contributed by atoms with E-state index < -0.39 is 12.1 Å². The molecule has 1 saturated heterocycles. The van der Waals surface area contributed by atoms with Gasteiger partial charge in [-0.1, -0.05) is 17.7 Å². The Morgan fingerprint density at radius 2 is 1.95 bits per heavy atom. The van der Waals surface area contributed by atoms with Crippen LogP contribution in [-0.2, 0) is 6.54 Å². The summed E-state index contributed by atoms with van der Waals surface area (Å²) in [6, 6.07) is 5.56.